The van der Waals surface area contributed by atoms with E-state index in [0.29, 0.717) is 6.42 Å². The SMILES string of the molecule is CC(C)(O)Cc1cc2cc(O)ccc2o1. The molecule has 0 atom stereocenters. The number of phenolic OH excluding ortho intramolecular Hbond substituents is 1. The van der Waals surface area contributed by atoms with E-state index in [-0.39, 0.29) is 5.75 Å². The van der Waals surface area contributed by atoms with Gasteiger partial charge in [0.15, 0.2) is 0 Å². The average molecular weight is 206 g/mol. The summed E-state index contributed by atoms with van der Waals surface area (Å²) in [6, 6.07) is 6.79. The maximum absolute atomic E-state index is 9.64. The molecule has 0 fully saturated rings. The van der Waals surface area contributed by atoms with E-state index in [9.17, 15) is 10.2 Å². The number of aromatic hydroxyl groups is 1. The lowest BCUT2D eigenvalue weighted by Crippen LogP contribution is -2.21. The second-order valence-electron chi connectivity index (χ2n) is 4.42. The normalized spacial score (nSPS) is 12.2. The molecule has 2 N–H and O–H groups in total. The highest BCUT2D eigenvalue weighted by Crippen LogP contribution is 2.25. The molecule has 1 aromatic heterocycles. The van der Waals surface area contributed by atoms with Gasteiger partial charge < -0.3 is 14.6 Å². The number of hydrogen-bond acceptors (Lipinski definition) is 3. The zero-order valence-corrected chi connectivity index (χ0v) is 8.82. The Kier molecular flexibility index (Phi) is 2.20. The van der Waals surface area contributed by atoms with Crippen molar-refractivity contribution in [2.24, 2.45) is 0 Å². The molecule has 2 aromatic rings. The van der Waals surface area contributed by atoms with Crippen LogP contribution in [0.1, 0.15) is 19.6 Å². The van der Waals surface area contributed by atoms with Gasteiger partial charge in [0.2, 0.25) is 0 Å². The van der Waals surface area contributed by atoms with Crippen LogP contribution in [0.3, 0.4) is 0 Å². The van der Waals surface area contributed by atoms with Gasteiger partial charge in [0, 0.05) is 11.8 Å². The maximum Gasteiger partial charge on any atom is 0.134 e. The lowest BCUT2D eigenvalue weighted by molar-refractivity contribution is 0.0757. The van der Waals surface area contributed by atoms with Crippen LogP contribution in [0, 0.1) is 0 Å². The molecular formula is C12H14O3. The van der Waals surface area contributed by atoms with Gasteiger partial charge in [0.25, 0.3) is 0 Å². The van der Waals surface area contributed by atoms with Crippen molar-refractivity contribution in [1.29, 1.82) is 0 Å². The molecule has 0 spiro atoms. The van der Waals surface area contributed by atoms with E-state index in [4.69, 9.17) is 4.42 Å². The van der Waals surface area contributed by atoms with Crippen LogP contribution in [0.25, 0.3) is 11.0 Å². The summed E-state index contributed by atoms with van der Waals surface area (Å²) in [7, 11) is 0. The third-order valence-electron chi connectivity index (χ3n) is 2.16. The fourth-order valence-corrected chi connectivity index (χ4v) is 1.60. The Labute approximate surface area is 88.0 Å². The van der Waals surface area contributed by atoms with E-state index in [1.54, 1.807) is 32.0 Å². The summed E-state index contributed by atoms with van der Waals surface area (Å²) < 4.78 is 5.53. The lowest BCUT2D eigenvalue weighted by Gasteiger charge is -2.14. The minimum Gasteiger partial charge on any atom is -0.508 e. The fourth-order valence-electron chi connectivity index (χ4n) is 1.60. The van der Waals surface area contributed by atoms with Crippen molar-refractivity contribution in [2.45, 2.75) is 25.9 Å². The minimum absolute atomic E-state index is 0.220. The smallest absolute Gasteiger partial charge is 0.134 e. The van der Waals surface area contributed by atoms with Crippen LogP contribution in [-0.2, 0) is 6.42 Å². The van der Waals surface area contributed by atoms with E-state index >= 15 is 0 Å². The van der Waals surface area contributed by atoms with Crippen molar-refractivity contribution in [3.05, 3.63) is 30.0 Å². The van der Waals surface area contributed by atoms with Gasteiger partial charge in [-0.2, -0.15) is 0 Å². The largest absolute Gasteiger partial charge is 0.508 e. The Morgan fingerprint density at radius 3 is 2.67 bits per heavy atom. The molecule has 0 radical (unpaired) electrons. The zero-order valence-electron chi connectivity index (χ0n) is 8.82. The van der Waals surface area contributed by atoms with Gasteiger partial charge in [-0.15, -0.1) is 0 Å². The van der Waals surface area contributed by atoms with E-state index in [0.717, 1.165) is 16.7 Å². The summed E-state index contributed by atoms with van der Waals surface area (Å²) in [6.07, 6.45) is 0.461. The number of rotatable bonds is 2. The summed E-state index contributed by atoms with van der Waals surface area (Å²) in [6.45, 7) is 3.47. The van der Waals surface area contributed by atoms with Crippen molar-refractivity contribution in [3.8, 4) is 5.75 Å². The molecule has 80 valence electrons. The molecule has 0 amide bonds. The van der Waals surface area contributed by atoms with E-state index in [1.807, 2.05) is 6.07 Å². The molecule has 1 heterocycles. The standard InChI is InChI=1S/C12H14O3/c1-12(2,14)7-10-6-8-5-9(13)3-4-11(8)15-10/h3-6,13-14H,7H2,1-2H3. The van der Waals surface area contributed by atoms with E-state index < -0.39 is 5.60 Å². The van der Waals surface area contributed by atoms with E-state index in [2.05, 4.69) is 0 Å². The molecule has 3 heteroatoms. The lowest BCUT2D eigenvalue weighted by atomic mass is 10.0. The van der Waals surface area contributed by atoms with Gasteiger partial charge >= 0.3 is 0 Å². The molecule has 2 rings (SSSR count). The zero-order chi connectivity index (χ0) is 11.1. The summed E-state index contributed by atoms with van der Waals surface area (Å²) in [5.74, 6) is 0.946. The van der Waals surface area contributed by atoms with Crippen molar-refractivity contribution in [3.63, 3.8) is 0 Å². The monoisotopic (exact) mass is 206 g/mol. The number of benzene rings is 1. The Hall–Kier alpha value is -1.48. The van der Waals surface area contributed by atoms with Gasteiger partial charge in [-0.1, -0.05) is 0 Å². The van der Waals surface area contributed by atoms with Gasteiger partial charge in [-0.05, 0) is 38.1 Å². The molecular weight excluding hydrogens is 192 g/mol. The molecule has 1 aromatic carbocycles. The number of phenols is 1. The molecule has 3 nitrogen and oxygen atoms in total. The molecule has 0 aliphatic heterocycles. The van der Waals surface area contributed by atoms with Gasteiger partial charge in [0.05, 0.1) is 5.60 Å². The Morgan fingerprint density at radius 1 is 1.27 bits per heavy atom. The second kappa shape index (κ2) is 3.28. The third-order valence-corrected chi connectivity index (χ3v) is 2.16. The first-order valence-electron chi connectivity index (χ1n) is 4.88. The molecule has 0 saturated carbocycles. The summed E-state index contributed by atoms with van der Waals surface area (Å²) in [4.78, 5) is 0. The average Bonchev–Trinajstić information content (AvgIpc) is 2.42. The maximum atomic E-state index is 9.64. The van der Waals surface area contributed by atoms with Crippen LogP contribution >= 0.6 is 0 Å². The van der Waals surface area contributed by atoms with Crippen LogP contribution in [0.5, 0.6) is 5.75 Å². The van der Waals surface area contributed by atoms with Gasteiger partial charge in [0.1, 0.15) is 17.1 Å². The molecule has 0 aliphatic carbocycles. The first kappa shape index (κ1) is 10.1. The second-order valence-corrected chi connectivity index (χ2v) is 4.42. The van der Waals surface area contributed by atoms with Crippen LogP contribution in [0.4, 0.5) is 0 Å². The van der Waals surface area contributed by atoms with Crippen LogP contribution in [0.2, 0.25) is 0 Å². The predicted octanol–water partition coefficient (Wildman–Crippen LogP) is 2.45. The summed E-state index contributed by atoms with van der Waals surface area (Å²) >= 11 is 0. The highest BCUT2D eigenvalue weighted by Gasteiger charge is 2.16. The number of hydrogen-bond donors (Lipinski definition) is 2. The third kappa shape index (κ3) is 2.30. The molecule has 0 bridgehead atoms. The number of aliphatic hydroxyl groups is 1. The van der Waals surface area contributed by atoms with Gasteiger partial charge in [-0.25, -0.2) is 0 Å². The van der Waals surface area contributed by atoms with Crippen molar-refractivity contribution in [1.82, 2.24) is 0 Å². The van der Waals surface area contributed by atoms with Crippen LogP contribution in [0.15, 0.2) is 28.7 Å². The molecule has 0 saturated heterocycles. The summed E-state index contributed by atoms with van der Waals surface area (Å²) in [5.41, 5.74) is -0.0531. The predicted molar refractivity (Wildman–Crippen MR) is 57.9 cm³/mol. The number of furan rings is 1. The van der Waals surface area contributed by atoms with Crippen molar-refractivity contribution < 1.29 is 14.6 Å². The van der Waals surface area contributed by atoms with Gasteiger partial charge in [-0.3, -0.25) is 0 Å². The molecule has 15 heavy (non-hydrogen) atoms. The van der Waals surface area contributed by atoms with Crippen LogP contribution < -0.4 is 0 Å². The van der Waals surface area contributed by atoms with E-state index in [1.165, 1.54) is 0 Å². The highest BCUT2D eigenvalue weighted by atomic mass is 16.3. The fraction of sp³-hybridized carbons (Fsp3) is 0.333. The Bertz CT molecular complexity index is 477. The molecule has 0 unspecified atom stereocenters. The van der Waals surface area contributed by atoms with Crippen LogP contribution in [-0.4, -0.2) is 15.8 Å². The quantitative estimate of drug-likeness (QED) is 0.793. The first-order chi connectivity index (χ1) is 6.94. The van der Waals surface area contributed by atoms with Crippen molar-refractivity contribution >= 4 is 11.0 Å². The summed E-state index contributed by atoms with van der Waals surface area (Å²) in [5, 5.41) is 19.8. The first-order valence-corrected chi connectivity index (χ1v) is 4.88. The highest BCUT2D eigenvalue weighted by molar-refractivity contribution is 5.79. The van der Waals surface area contributed by atoms with Crippen molar-refractivity contribution in [2.75, 3.05) is 0 Å². The number of fused-ring (bicyclic) bond motifs is 1. The molecule has 0 aliphatic rings. The minimum atomic E-state index is -0.782. The Morgan fingerprint density at radius 2 is 2.00 bits per heavy atom. The topological polar surface area (TPSA) is 53.6 Å². The Balaban J connectivity index is 2.39.